The normalized spacial score (nSPS) is 12.2. The van der Waals surface area contributed by atoms with Crippen molar-refractivity contribution in [2.45, 2.75) is 27.2 Å². The van der Waals surface area contributed by atoms with Crippen LogP contribution in [0.2, 0.25) is 0 Å². The van der Waals surface area contributed by atoms with Crippen molar-refractivity contribution in [3.63, 3.8) is 0 Å². The van der Waals surface area contributed by atoms with Crippen LogP contribution < -0.4 is 0 Å². The van der Waals surface area contributed by atoms with Gasteiger partial charge in [0.2, 0.25) is 0 Å². The highest BCUT2D eigenvalue weighted by Gasteiger charge is 1.97. The van der Waals surface area contributed by atoms with Gasteiger partial charge in [0.1, 0.15) is 0 Å². The van der Waals surface area contributed by atoms with Gasteiger partial charge in [0, 0.05) is 13.1 Å². The first-order chi connectivity index (χ1) is 5.56. The van der Waals surface area contributed by atoms with Crippen molar-refractivity contribution < 1.29 is 0 Å². The third-order valence-electron chi connectivity index (χ3n) is 1.61. The summed E-state index contributed by atoms with van der Waals surface area (Å²) in [6.45, 7) is 12.4. The molecule has 0 bridgehead atoms. The Morgan fingerprint density at radius 3 is 2.33 bits per heavy atom. The summed E-state index contributed by atoms with van der Waals surface area (Å²) in [6, 6.07) is 0. The van der Waals surface area contributed by atoms with E-state index in [0.29, 0.717) is 0 Å². The van der Waals surface area contributed by atoms with Gasteiger partial charge in [-0.3, -0.25) is 4.90 Å². The SMILES string of the molecule is C=C(C)CN(C)C/C(C)=C/CC. The Kier molecular flexibility index (Phi) is 5.73. The molecule has 0 saturated carbocycles. The molecule has 0 aromatic carbocycles. The first kappa shape index (κ1) is 11.4. The molecule has 70 valence electrons. The van der Waals surface area contributed by atoms with Crippen LogP contribution in [0.5, 0.6) is 0 Å². The molecular formula is C11H21N. The Labute approximate surface area is 76.8 Å². The summed E-state index contributed by atoms with van der Waals surface area (Å²) in [7, 11) is 2.13. The Bertz CT molecular complexity index is 168. The van der Waals surface area contributed by atoms with E-state index in [1.54, 1.807) is 0 Å². The standard InChI is InChI=1S/C11H21N/c1-6-7-11(4)9-12(5)8-10(2)3/h7H,2,6,8-9H2,1,3-5H3/b11-7+. The maximum atomic E-state index is 3.89. The van der Waals surface area contributed by atoms with E-state index in [4.69, 9.17) is 0 Å². The molecule has 0 spiro atoms. The number of rotatable bonds is 5. The molecule has 0 amide bonds. The van der Waals surface area contributed by atoms with Gasteiger partial charge in [-0.05, 0) is 27.3 Å². The Morgan fingerprint density at radius 1 is 1.33 bits per heavy atom. The smallest absolute Gasteiger partial charge is 0.0190 e. The van der Waals surface area contributed by atoms with Crippen molar-refractivity contribution >= 4 is 0 Å². The number of nitrogens with zero attached hydrogens (tertiary/aromatic N) is 1. The molecule has 0 fully saturated rings. The molecule has 0 N–H and O–H groups in total. The molecule has 0 aliphatic carbocycles. The lowest BCUT2D eigenvalue weighted by molar-refractivity contribution is 0.393. The van der Waals surface area contributed by atoms with Crippen LogP contribution in [0.25, 0.3) is 0 Å². The van der Waals surface area contributed by atoms with E-state index in [9.17, 15) is 0 Å². The van der Waals surface area contributed by atoms with Gasteiger partial charge < -0.3 is 0 Å². The quantitative estimate of drug-likeness (QED) is 0.569. The number of hydrogen-bond donors (Lipinski definition) is 0. The van der Waals surface area contributed by atoms with Crippen LogP contribution in [0.1, 0.15) is 27.2 Å². The first-order valence-electron chi connectivity index (χ1n) is 4.54. The third kappa shape index (κ3) is 6.17. The van der Waals surface area contributed by atoms with Crippen molar-refractivity contribution in [2.24, 2.45) is 0 Å². The fraction of sp³-hybridized carbons (Fsp3) is 0.636. The van der Waals surface area contributed by atoms with Crippen LogP contribution in [0.3, 0.4) is 0 Å². The summed E-state index contributed by atoms with van der Waals surface area (Å²) in [5.41, 5.74) is 2.67. The molecular weight excluding hydrogens is 146 g/mol. The van der Waals surface area contributed by atoms with Gasteiger partial charge in [-0.1, -0.05) is 30.7 Å². The van der Waals surface area contributed by atoms with Crippen molar-refractivity contribution in [3.05, 3.63) is 23.8 Å². The molecule has 0 aliphatic heterocycles. The molecule has 0 aromatic rings. The van der Waals surface area contributed by atoms with E-state index in [0.717, 1.165) is 19.5 Å². The number of likely N-dealkylation sites (N-methyl/N-ethyl adjacent to an activating group) is 1. The minimum Gasteiger partial charge on any atom is -0.299 e. The van der Waals surface area contributed by atoms with Gasteiger partial charge in [-0.15, -0.1) is 0 Å². The zero-order chi connectivity index (χ0) is 9.56. The third-order valence-corrected chi connectivity index (χ3v) is 1.61. The lowest BCUT2D eigenvalue weighted by Crippen LogP contribution is -2.22. The molecule has 1 heteroatoms. The number of allylic oxidation sites excluding steroid dienone is 1. The van der Waals surface area contributed by atoms with Crippen LogP contribution in [0.15, 0.2) is 23.8 Å². The van der Waals surface area contributed by atoms with Crippen LogP contribution in [-0.4, -0.2) is 25.0 Å². The van der Waals surface area contributed by atoms with Crippen LogP contribution in [0.4, 0.5) is 0 Å². The van der Waals surface area contributed by atoms with Crippen LogP contribution >= 0.6 is 0 Å². The predicted molar refractivity (Wildman–Crippen MR) is 56.4 cm³/mol. The van der Waals surface area contributed by atoms with Gasteiger partial charge in [0.25, 0.3) is 0 Å². The van der Waals surface area contributed by atoms with Crippen molar-refractivity contribution in [1.82, 2.24) is 4.90 Å². The van der Waals surface area contributed by atoms with Crippen LogP contribution in [0, 0.1) is 0 Å². The Hall–Kier alpha value is -0.560. The van der Waals surface area contributed by atoms with Crippen molar-refractivity contribution in [3.8, 4) is 0 Å². The number of hydrogen-bond acceptors (Lipinski definition) is 1. The van der Waals surface area contributed by atoms with E-state index in [2.05, 4.69) is 45.4 Å². The summed E-state index contributed by atoms with van der Waals surface area (Å²) in [6.07, 6.45) is 3.40. The topological polar surface area (TPSA) is 3.24 Å². The summed E-state index contributed by atoms with van der Waals surface area (Å²) >= 11 is 0. The molecule has 0 rings (SSSR count). The highest BCUT2D eigenvalue weighted by molar-refractivity contribution is 5.01. The minimum absolute atomic E-state index is 0.995. The van der Waals surface area contributed by atoms with E-state index in [1.807, 2.05) is 0 Å². The molecule has 0 unspecified atom stereocenters. The first-order valence-corrected chi connectivity index (χ1v) is 4.54. The van der Waals surface area contributed by atoms with Gasteiger partial charge in [0.15, 0.2) is 0 Å². The van der Waals surface area contributed by atoms with Gasteiger partial charge in [0.05, 0.1) is 0 Å². The van der Waals surface area contributed by atoms with E-state index in [1.165, 1.54) is 11.1 Å². The van der Waals surface area contributed by atoms with Crippen LogP contribution in [-0.2, 0) is 0 Å². The fourth-order valence-corrected chi connectivity index (χ4v) is 1.36. The molecule has 0 aliphatic rings. The maximum Gasteiger partial charge on any atom is 0.0190 e. The second-order valence-corrected chi connectivity index (χ2v) is 3.59. The van der Waals surface area contributed by atoms with Crippen molar-refractivity contribution in [1.29, 1.82) is 0 Å². The second kappa shape index (κ2) is 6.01. The summed E-state index contributed by atoms with van der Waals surface area (Å²) in [5, 5.41) is 0. The molecule has 0 saturated heterocycles. The predicted octanol–water partition coefficient (Wildman–Crippen LogP) is 2.85. The second-order valence-electron chi connectivity index (χ2n) is 3.59. The van der Waals surface area contributed by atoms with Gasteiger partial charge in [-0.25, -0.2) is 0 Å². The molecule has 0 heterocycles. The highest BCUT2D eigenvalue weighted by Crippen LogP contribution is 2.00. The summed E-state index contributed by atoms with van der Waals surface area (Å²) < 4.78 is 0. The lowest BCUT2D eigenvalue weighted by Gasteiger charge is -2.16. The fourth-order valence-electron chi connectivity index (χ4n) is 1.36. The molecule has 0 aromatic heterocycles. The molecule has 1 nitrogen and oxygen atoms in total. The maximum absolute atomic E-state index is 3.89. The average molecular weight is 167 g/mol. The lowest BCUT2D eigenvalue weighted by atomic mass is 10.2. The summed E-state index contributed by atoms with van der Waals surface area (Å²) in [4.78, 5) is 2.28. The Balaban J connectivity index is 3.75. The summed E-state index contributed by atoms with van der Waals surface area (Å²) in [5.74, 6) is 0. The molecule has 0 atom stereocenters. The van der Waals surface area contributed by atoms with E-state index >= 15 is 0 Å². The molecule has 12 heavy (non-hydrogen) atoms. The van der Waals surface area contributed by atoms with E-state index < -0.39 is 0 Å². The minimum atomic E-state index is 0.995. The largest absolute Gasteiger partial charge is 0.299 e. The van der Waals surface area contributed by atoms with E-state index in [-0.39, 0.29) is 0 Å². The average Bonchev–Trinajstić information content (AvgIpc) is 1.84. The zero-order valence-corrected chi connectivity index (χ0v) is 8.85. The highest BCUT2D eigenvalue weighted by atomic mass is 15.1. The van der Waals surface area contributed by atoms with Crippen molar-refractivity contribution in [2.75, 3.05) is 20.1 Å². The Morgan fingerprint density at radius 2 is 1.92 bits per heavy atom. The zero-order valence-electron chi connectivity index (χ0n) is 8.85. The van der Waals surface area contributed by atoms with Gasteiger partial charge in [-0.2, -0.15) is 0 Å². The molecule has 0 radical (unpaired) electrons. The van der Waals surface area contributed by atoms with Gasteiger partial charge >= 0.3 is 0 Å². The monoisotopic (exact) mass is 167 g/mol.